The Morgan fingerprint density at radius 3 is 1.50 bits per heavy atom. The fraction of sp³-hybridized carbons (Fsp3) is 0. The monoisotopic (exact) mass is 840 g/mol. The number of para-hydroxylation sites is 2. The Kier molecular flexibility index (Phi) is 9.89. The van der Waals surface area contributed by atoms with Crippen LogP contribution in [0, 0.1) is 0 Å². The first kappa shape index (κ1) is 38.9. The second-order valence-electron chi connectivity index (χ2n) is 16.9. The fourth-order valence-corrected chi connectivity index (χ4v) is 9.86. The van der Waals surface area contributed by atoms with Crippen LogP contribution < -0.4 is 4.90 Å². The fourth-order valence-electron chi connectivity index (χ4n) is 9.86. The molecule has 0 unspecified atom stereocenters. The highest BCUT2D eigenvalue weighted by Gasteiger charge is 2.19. The molecular weight excluding hydrogens is 797 g/mol. The minimum absolute atomic E-state index is 1.08. The molecule has 310 valence electrons. The number of fused-ring (bicyclic) bond motifs is 4. The minimum Gasteiger partial charge on any atom is -0.310 e. The van der Waals surface area contributed by atoms with Gasteiger partial charge in [0.25, 0.3) is 0 Å². The first-order chi connectivity index (χ1) is 32.7. The predicted molar refractivity (Wildman–Crippen MR) is 280 cm³/mol. The highest BCUT2D eigenvalue weighted by Crippen LogP contribution is 2.43. The summed E-state index contributed by atoms with van der Waals surface area (Å²) >= 11 is 0. The first-order valence-corrected chi connectivity index (χ1v) is 22.7. The molecule has 0 radical (unpaired) electrons. The van der Waals surface area contributed by atoms with E-state index in [1.54, 1.807) is 0 Å². The zero-order chi connectivity index (χ0) is 43.8. The molecule has 2 nitrogen and oxygen atoms in total. The first-order valence-electron chi connectivity index (χ1n) is 22.7. The van der Waals surface area contributed by atoms with Crippen molar-refractivity contribution in [2.24, 2.45) is 0 Å². The van der Waals surface area contributed by atoms with Gasteiger partial charge in [0.1, 0.15) is 0 Å². The van der Waals surface area contributed by atoms with Gasteiger partial charge in [0.15, 0.2) is 0 Å². The molecule has 0 saturated carbocycles. The molecule has 1 heterocycles. The van der Waals surface area contributed by atoms with Crippen LogP contribution in [0.3, 0.4) is 0 Å². The molecule has 0 saturated heterocycles. The summed E-state index contributed by atoms with van der Waals surface area (Å²) in [6.45, 7) is 0. The third-order valence-corrected chi connectivity index (χ3v) is 12.9. The van der Waals surface area contributed by atoms with Crippen molar-refractivity contribution in [1.29, 1.82) is 0 Å². The van der Waals surface area contributed by atoms with Crippen LogP contribution in [0.25, 0.3) is 93.9 Å². The number of benzene rings is 11. The zero-order valence-electron chi connectivity index (χ0n) is 36.3. The third-order valence-electron chi connectivity index (χ3n) is 12.9. The average Bonchev–Trinajstić information content (AvgIpc) is 3.74. The van der Waals surface area contributed by atoms with Crippen LogP contribution >= 0.6 is 0 Å². The van der Waals surface area contributed by atoms with Gasteiger partial charge < -0.3 is 9.47 Å². The molecule has 0 spiro atoms. The molecule has 11 aromatic carbocycles. The van der Waals surface area contributed by atoms with Gasteiger partial charge in [-0.25, -0.2) is 0 Å². The van der Waals surface area contributed by atoms with Gasteiger partial charge in [-0.05, 0) is 139 Å². The lowest BCUT2D eigenvalue weighted by Gasteiger charge is -2.27. The van der Waals surface area contributed by atoms with Gasteiger partial charge >= 0.3 is 0 Å². The summed E-state index contributed by atoms with van der Waals surface area (Å²) in [4.78, 5) is 2.41. The maximum absolute atomic E-state index is 2.41. The molecule has 66 heavy (non-hydrogen) atoms. The van der Waals surface area contributed by atoms with E-state index < -0.39 is 0 Å². The Labute approximate surface area is 385 Å². The molecular formula is C64H44N2. The van der Waals surface area contributed by atoms with Crippen LogP contribution in [-0.4, -0.2) is 4.57 Å². The SMILES string of the molecule is c1ccc(-c2cc(-c3ccccc3)cc(N(c3ccc(-c4cccc5ccccc45)cc3)c3cccc(-c4cccc(-c5cccc6c5c5ccccc5n6-c5ccccc5)c4)c3)c2)cc1. The van der Waals surface area contributed by atoms with Crippen molar-refractivity contribution in [3.05, 3.63) is 267 Å². The van der Waals surface area contributed by atoms with Gasteiger partial charge in [0, 0.05) is 33.5 Å². The molecule has 0 aliphatic heterocycles. The van der Waals surface area contributed by atoms with Crippen molar-refractivity contribution in [1.82, 2.24) is 4.57 Å². The number of nitrogens with zero attached hydrogens (tertiary/aromatic N) is 2. The van der Waals surface area contributed by atoms with E-state index in [1.807, 2.05) is 0 Å². The highest BCUT2D eigenvalue weighted by atomic mass is 15.1. The smallest absolute Gasteiger partial charge is 0.0547 e. The van der Waals surface area contributed by atoms with Gasteiger partial charge in [-0.3, -0.25) is 0 Å². The van der Waals surface area contributed by atoms with Crippen molar-refractivity contribution in [2.45, 2.75) is 0 Å². The number of hydrogen-bond acceptors (Lipinski definition) is 1. The van der Waals surface area contributed by atoms with E-state index >= 15 is 0 Å². The maximum atomic E-state index is 2.41. The van der Waals surface area contributed by atoms with Gasteiger partial charge in [-0.15, -0.1) is 0 Å². The molecule has 12 rings (SSSR count). The van der Waals surface area contributed by atoms with Crippen LogP contribution in [0.2, 0.25) is 0 Å². The second-order valence-corrected chi connectivity index (χ2v) is 16.9. The number of rotatable bonds is 9. The van der Waals surface area contributed by atoms with Crippen molar-refractivity contribution in [3.8, 4) is 61.3 Å². The minimum atomic E-state index is 1.08. The maximum Gasteiger partial charge on any atom is 0.0547 e. The predicted octanol–water partition coefficient (Wildman–Crippen LogP) is 17.7. The zero-order valence-corrected chi connectivity index (χ0v) is 36.3. The molecule has 12 aromatic rings. The molecule has 0 bridgehead atoms. The lowest BCUT2D eigenvalue weighted by Crippen LogP contribution is -2.10. The Bertz CT molecular complexity index is 3620. The van der Waals surface area contributed by atoms with E-state index in [2.05, 4.69) is 276 Å². The lowest BCUT2D eigenvalue weighted by atomic mass is 9.95. The van der Waals surface area contributed by atoms with E-state index in [4.69, 9.17) is 0 Å². The van der Waals surface area contributed by atoms with Crippen LogP contribution in [0.15, 0.2) is 267 Å². The Balaban J connectivity index is 1.01. The van der Waals surface area contributed by atoms with Crippen molar-refractivity contribution in [3.63, 3.8) is 0 Å². The van der Waals surface area contributed by atoms with Crippen molar-refractivity contribution < 1.29 is 0 Å². The quantitative estimate of drug-likeness (QED) is 0.141. The molecule has 0 N–H and O–H groups in total. The Morgan fingerprint density at radius 2 is 0.758 bits per heavy atom. The topological polar surface area (TPSA) is 8.17 Å². The van der Waals surface area contributed by atoms with Crippen LogP contribution in [0.1, 0.15) is 0 Å². The summed E-state index contributed by atoms with van der Waals surface area (Å²) in [5.41, 5.74) is 18.6. The lowest BCUT2D eigenvalue weighted by molar-refractivity contribution is 1.18. The summed E-state index contributed by atoms with van der Waals surface area (Å²) in [5, 5.41) is 4.99. The van der Waals surface area contributed by atoms with E-state index in [0.717, 1.165) is 45.0 Å². The summed E-state index contributed by atoms with van der Waals surface area (Å²) in [6, 6.07) is 96.9. The normalized spacial score (nSPS) is 11.3. The van der Waals surface area contributed by atoms with E-state index in [9.17, 15) is 0 Å². The molecule has 0 aliphatic carbocycles. The van der Waals surface area contributed by atoms with Crippen LogP contribution in [0.5, 0.6) is 0 Å². The molecule has 1 aromatic heterocycles. The molecule has 2 heteroatoms. The molecule has 0 aliphatic rings. The van der Waals surface area contributed by atoms with E-state index in [0.29, 0.717) is 0 Å². The van der Waals surface area contributed by atoms with E-state index in [-0.39, 0.29) is 0 Å². The molecule has 0 fully saturated rings. The number of anilines is 3. The average molecular weight is 841 g/mol. The summed E-state index contributed by atoms with van der Waals surface area (Å²) in [7, 11) is 0. The van der Waals surface area contributed by atoms with Gasteiger partial charge in [-0.2, -0.15) is 0 Å². The van der Waals surface area contributed by atoms with Gasteiger partial charge in [0.05, 0.1) is 11.0 Å². The third kappa shape index (κ3) is 7.12. The molecule has 0 atom stereocenters. The molecule has 0 amide bonds. The number of aromatic nitrogens is 1. The summed E-state index contributed by atoms with van der Waals surface area (Å²) in [5.74, 6) is 0. The largest absolute Gasteiger partial charge is 0.310 e. The Hall–Kier alpha value is -8.72. The van der Waals surface area contributed by atoms with Gasteiger partial charge in [0.2, 0.25) is 0 Å². The summed E-state index contributed by atoms with van der Waals surface area (Å²) in [6.07, 6.45) is 0. The van der Waals surface area contributed by atoms with Crippen molar-refractivity contribution >= 4 is 49.6 Å². The number of hydrogen-bond donors (Lipinski definition) is 0. The second kappa shape index (κ2) is 16.8. The van der Waals surface area contributed by atoms with Crippen LogP contribution in [0.4, 0.5) is 17.1 Å². The Morgan fingerprint density at radius 1 is 0.258 bits per heavy atom. The summed E-state index contributed by atoms with van der Waals surface area (Å²) < 4.78 is 2.39. The van der Waals surface area contributed by atoms with Gasteiger partial charge in [-0.1, -0.05) is 194 Å². The van der Waals surface area contributed by atoms with Crippen molar-refractivity contribution in [2.75, 3.05) is 4.90 Å². The van der Waals surface area contributed by atoms with Crippen LogP contribution in [-0.2, 0) is 0 Å². The highest BCUT2D eigenvalue weighted by molar-refractivity contribution is 6.16. The standard InChI is InChI=1S/C64H44N2/c1-4-18-45(19-5-1)52-41-53(46-20-6-2-7-21-46)44-57(43-52)65(55-38-36-48(37-39-55)59-32-16-23-47-22-10-11-30-58(47)59)56-29-15-25-50(42-56)49-24-14-26-51(40-49)60-33-17-35-63-64(60)61-31-12-13-34-62(61)66(63)54-27-8-3-9-28-54/h1-44H. The van der Waals surface area contributed by atoms with E-state index in [1.165, 1.54) is 66.0 Å².